The number of esters is 3. The van der Waals surface area contributed by atoms with Gasteiger partial charge < -0.3 is 34.3 Å². The molecule has 0 spiro atoms. The van der Waals surface area contributed by atoms with Crippen molar-refractivity contribution in [3.05, 3.63) is 24.3 Å². The van der Waals surface area contributed by atoms with E-state index in [0.717, 1.165) is 148 Å². The zero-order chi connectivity index (χ0) is 52.4. The molecule has 0 aromatic rings. The molecule has 0 aliphatic rings. The van der Waals surface area contributed by atoms with Gasteiger partial charge >= 0.3 is 17.9 Å². The molecule has 10 heteroatoms. The number of carbonyl (C=O) groups excluding carboxylic acids is 3. The van der Waals surface area contributed by atoms with Crippen molar-refractivity contribution in [3.63, 3.8) is 0 Å². The molecule has 7 unspecified atom stereocenters. The molecule has 0 aliphatic heterocycles. The van der Waals surface area contributed by atoms with Crippen LogP contribution < -0.4 is 0 Å². The first-order valence-corrected chi connectivity index (χ1v) is 29.9. The van der Waals surface area contributed by atoms with Crippen LogP contribution in [0.1, 0.15) is 286 Å². The monoisotopic (exact) mass is 1010 g/mol. The zero-order valence-electron chi connectivity index (χ0n) is 47.0. The average Bonchev–Trinajstić information content (AvgIpc) is 3.36. The van der Waals surface area contributed by atoms with Crippen molar-refractivity contribution in [1.29, 1.82) is 0 Å². The molecular weight excluding hydrogens is 893 g/mol. The summed E-state index contributed by atoms with van der Waals surface area (Å²) in [6.45, 7) is 13.2. The first kappa shape index (κ1) is 68.7. The minimum Gasteiger partial charge on any atom is -0.462 e. The Labute approximate surface area is 437 Å². The maximum Gasteiger partial charge on any atom is 0.306 e. The lowest BCUT2D eigenvalue weighted by atomic mass is 9.93. The number of unbranched alkanes of at least 4 members (excludes halogenated alkanes) is 23. The normalized spacial score (nSPS) is 14.9. The summed E-state index contributed by atoms with van der Waals surface area (Å²) in [6, 6.07) is 0. The van der Waals surface area contributed by atoms with Gasteiger partial charge in [-0.25, -0.2) is 0 Å². The second-order valence-electron chi connectivity index (χ2n) is 21.0. The van der Waals surface area contributed by atoms with Crippen LogP contribution in [0.2, 0.25) is 0 Å². The Kier molecular flexibility index (Phi) is 49.6. The van der Waals surface area contributed by atoms with E-state index in [2.05, 4.69) is 58.9 Å². The Hall–Kier alpha value is -2.27. The second kappa shape index (κ2) is 51.2. The summed E-state index contributed by atoms with van der Waals surface area (Å²) in [7, 11) is 0. The third kappa shape index (κ3) is 44.9. The lowest BCUT2D eigenvalue weighted by Gasteiger charge is -2.22. The summed E-state index contributed by atoms with van der Waals surface area (Å²) in [5, 5.41) is 31.7. The molecule has 0 fully saturated rings. The van der Waals surface area contributed by atoms with Crippen molar-refractivity contribution in [2.24, 2.45) is 11.8 Å². The van der Waals surface area contributed by atoms with E-state index in [1.165, 1.54) is 51.4 Å². The number of carbonyl (C=O) groups is 3. The van der Waals surface area contributed by atoms with Crippen molar-refractivity contribution in [1.82, 2.24) is 0 Å². The fraction of sp³-hybridized carbons (Fsp3) is 0.885. The van der Waals surface area contributed by atoms with Gasteiger partial charge in [-0.3, -0.25) is 14.4 Å². The number of rotatable bonds is 53. The van der Waals surface area contributed by atoms with E-state index in [1.807, 2.05) is 6.92 Å². The topological polar surface area (TPSA) is 149 Å². The fourth-order valence-electron chi connectivity index (χ4n) is 9.07. The molecule has 0 bridgehead atoms. The predicted octanol–water partition coefficient (Wildman–Crippen LogP) is 15.7. The Balaban J connectivity index is 4.70. The smallest absolute Gasteiger partial charge is 0.306 e. The molecule has 3 N–H and O–H groups in total. The number of hydrogen-bond donors (Lipinski definition) is 3. The van der Waals surface area contributed by atoms with Crippen molar-refractivity contribution in [2.75, 3.05) is 19.8 Å². The third-order valence-corrected chi connectivity index (χ3v) is 14.1. The van der Waals surface area contributed by atoms with Gasteiger partial charge in [-0.2, -0.15) is 0 Å². The summed E-state index contributed by atoms with van der Waals surface area (Å²) in [5.74, 6) is -0.496. The van der Waals surface area contributed by atoms with E-state index in [0.29, 0.717) is 38.2 Å². The van der Waals surface area contributed by atoms with Crippen LogP contribution in [0.5, 0.6) is 0 Å². The quantitative estimate of drug-likeness (QED) is 0.0233. The number of ether oxygens (including phenoxy) is 4. The van der Waals surface area contributed by atoms with E-state index in [9.17, 15) is 29.7 Å². The van der Waals surface area contributed by atoms with Crippen LogP contribution in [0.3, 0.4) is 0 Å². The van der Waals surface area contributed by atoms with Gasteiger partial charge in [-0.05, 0) is 102 Å². The SMILES string of the molecule is CCCCC/C=C/CC(O)C(C)CCCCCCCC(=O)OCC(COC(=O)CCCCCCCC(C)C(O)CCCCCCCC)OC(=O)CCCCCCC/C=C/CC(O)C(CCCCC)OCC. The molecular formula is C61H114O10. The number of hydrogen-bond acceptors (Lipinski definition) is 10. The molecule has 0 saturated carbocycles. The van der Waals surface area contributed by atoms with Crippen molar-refractivity contribution in [3.8, 4) is 0 Å². The molecule has 0 heterocycles. The molecule has 7 atom stereocenters. The lowest BCUT2D eigenvalue weighted by Crippen LogP contribution is -2.30. The van der Waals surface area contributed by atoms with E-state index in [-0.39, 0.29) is 74.6 Å². The van der Waals surface area contributed by atoms with Gasteiger partial charge in [0.05, 0.1) is 24.4 Å². The van der Waals surface area contributed by atoms with Gasteiger partial charge in [0.25, 0.3) is 0 Å². The highest BCUT2D eigenvalue weighted by molar-refractivity contribution is 5.71. The number of allylic oxidation sites excluding steroid dienone is 2. The largest absolute Gasteiger partial charge is 0.462 e. The molecule has 0 aromatic heterocycles. The van der Waals surface area contributed by atoms with Crippen LogP contribution in [-0.2, 0) is 33.3 Å². The summed E-state index contributed by atoms with van der Waals surface area (Å²) >= 11 is 0. The van der Waals surface area contributed by atoms with Crippen LogP contribution in [0, 0.1) is 11.8 Å². The fourth-order valence-corrected chi connectivity index (χ4v) is 9.07. The Morgan fingerprint density at radius 2 is 0.789 bits per heavy atom. The number of aliphatic hydroxyl groups excluding tert-OH is 3. The predicted molar refractivity (Wildman–Crippen MR) is 294 cm³/mol. The molecule has 0 aliphatic carbocycles. The highest BCUT2D eigenvalue weighted by Gasteiger charge is 2.21. The van der Waals surface area contributed by atoms with Crippen LogP contribution in [-0.4, -0.2) is 83.6 Å². The first-order valence-electron chi connectivity index (χ1n) is 29.9. The number of aliphatic hydroxyl groups is 3. The standard InChI is InChI=1S/C61H114O10/c1-7-11-14-16-26-35-43-55(62)52(5)41-33-24-22-30-38-47-59(65)69-50-54(51-70-60(66)48-39-31-23-25-34-42-53(6)56(63)44-36-27-17-15-12-8-2)71-61(67)49-40-29-21-19-18-20-28-37-45-57(64)58(68-10-4)46-32-13-9-3/h26,28,35,37,52-58,62-64H,7-25,27,29-34,36,38-51H2,1-6H3/b35-26+,37-28+. The van der Waals surface area contributed by atoms with E-state index >= 15 is 0 Å². The Morgan fingerprint density at radius 3 is 1.31 bits per heavy atom. The van der Waals surface area contributed by atoms with Crippen LogP contribution in [0.25, 0.3) is 0 Å². The minimum atomic E-state index is -0.854. The molecule has 0 rings (SSSR count). The van der Waals surface area contributed by atoms with Gasteiger partial charge in [0.15, 0.2) is 6.10 Å². The molecule has 0 aromatic carbocycles. The highest BCUT2D eigenvalue weighted by atomic mass is 16.6. The van der Waals surface area contributed by atoms with E-state index < -0.39 is 12.2 Å². The maximum atomic E-state index is 12.9. The van der Waals surface area contributed by atoms with E-state index in [1.54, 1.807) is 0 Å². The van der Waals surface area contributed by atoms with Gasteiger partial charge in [-0.1, -0.05) is 200 Å². The van der Waals surface area contributed by atoms with Crippen molar-refractivity contribution >= 4 is 17.9 Å². The van der Waals surface area contributed by atoms with Crippen LogP contribution in [0.4, 0.5) is 0 Å². The first-order chi connectivity index (χ1) is 34.5. The molecule has 71 heavy (non-hydrogen) atoms. The summed E-state index contributed by atoms with van der Waals surface area (Å²) in [4.78, 5) is 38.4. The molecule has 418 valence electrons. The van der Waals surface area contributed by atoms with E-state index in [4.69, 9.17) is 18.9 Å². The van der Waals surface area contributed by atoms with Crippen molar-refractivity contribution < 1.29 is 48.7 Å². The maximum absolute atomic E-state index is 12.9. The van der Waals surface area contributed by atoms with Gasteiger partial charge in [0.1, 0.15) is 13.2 Å². The molecule has 0 saturated heterocycles. The summed E-state index contributed by atoms with van der Waals surface area (Å²) < 4.78 is 22.6. The van der Waals surface area contributed by atoms with Gasteiger partial charge in [0, 0.05) is 25.9 Å². The molecule has 0 radical (unpaired) electrons. The Morgan fingerprint density at radius 1 is 0.408 bits per heavy atom. The van der Waals surface area contributed by atoms with Gasteiger partial charge in [0.2, 0.25) is 0 Å². The van der Waals surface area contributed by atoms with Crippen LogP contribution in [0.15, 0.2) is 24.3 Å². The lowest BCUT2D eigenvalue weighted by molar-refractivity contribution is -0.167. The zero-order valence-corrected chi connectivity index (χ0v) is 47.0. The average molecular weight is 1010 g/mol. The highest BCUT2D eigenvalue weighted by Crippen LogP contribution is 2.21. The van der Waals surface area contributed by atoms with Gasteiger partial charge in [-0.15, -0.1) is 0 Å². The second-order valence-corrected chi connectivity index (χ2v) is 21.0. The third-order valence-electron chi connectivity index (χ3n) is 14.1. The summed E-state index contributed by atoms with van der Waals surface area (Å²) in [6.07, 6.45) is 43.4. The van der Waals surface area contributed by atoms with Crippen LogP contribution >= 0.6 is 0 Å². The minimum absolute atomic E-state index is 0.102. The van der Waals surface area contributed by atoms with Crippen molar-refractivity contribution in [2.45, 2.75) is 316 Å². The molecule has 10 nitrogen and oxygen atoms in total. The summed E-state index contributed by atoms with van der Waals surface area (Å²) in [5.41, 5.74) is 0. The Bertz CT molecular complexity index is 1250. The molecule has 0 amide bonds.